The lowest BCUT2D eigenvalue weighted by Crippen LogP contribution is -1.89. The van der Waals surface area contributed by atoms with Crippen molar-refractivity contribution in [2.45, 2.75) is 13.8 Å². The van der Waals surface area contributed by atoms with Crippen LogP contribution < -0.4 is 10.5 Å². The van der Waals surface area contributed by atoms with Crippen molar-refractivity contribution in [1.82, 2.24) is 4.98 Å². The molecule has 2 N–H and O–H groups in total. The monoisotopic (exact) mass is 154 g/mol. The minimum atomic E-state index is 0.481. The number of rotatable bonds is 1. The average molecular weight is 154 g/mol. The van der Waals surface area contributed by atoms with Crippen LogP contribution in [0.3, 0.4) is 0 Å². The Hall–Kier alpha value is -1.25. The van der Waals surface area contributed by atoms with Crippen molar-refractivity contribution < 1.29 is 4.74 Å². The Labute approximate surface area is 67.2 Å². The van der Waals surface area contributed by atoms with E-state index in [0.717, 1.165) is 5.75 Å². The molecule has 3 heteroatoms. The lowest BCUT2D eigenvalue weighted by atomic mass is 10.4. The summed E-state index contributed by atoms with van der Waals surface area (Å²) in [5.74, 6) is 1.22. The molecule has 0 radical (unpaired) electrons. The Kier molecular flexibility index (Phi) is 4.90. The highest BCUT2D eigenvalue weighted by molar-refractivity contribution is 5.35. The van der Waals surface area contributed by atoms with Gasteiger partial charge in [-0.15, -0.1) is 0 Å². The number of pyridine rings is 1. The van der Waals surface area contributed by atoms with Crippen LogP contribution in [0.1, 0.15) is 13.8 Å². The summed E-state index contributed by atoms with van der Waals surface area (Å²) >= 11 is 0. The first-order chi connectivity index (χ1) is 5.33. The molecule has 0 saturated heterocycles. The second-order valence-corrected chi connectivity index (χ2v) is 1.62. The predicted octanol–water partition coefficient (Wildman–Crippen LogP) is 1.70. The summed E-state index contributed by atoms with van der Waals surface area (Å²) in [6.07, 6.45) is 1.61. The van der Waals surface area contributed by atoms with E-state index in [1.54, 1.807) is 25.4 Å². The maximum absolute atomic E-state index is 5.34. The average Bonchev–Trinajstić information content (AvgIpc) is 2.08. The fourth-order valence-corrected chi connectivity index (χ4v) is 0.555. The number of nitrogens with zero attached hydrogens (tertiary/aromatic N) is 1. The van der Waals surface area contributed by atoms with E-state index >= 15 is 0 Å². The Morgan fingerprint density at radius 2 is 2.09 bits per heavy atom. The highest BCUT2D eigenvalue weighted by Crippen LogP contribution is 2.09. The molecule has 1 heterocycles. The van der Waals surface area contributed by atoms with E-state index in [1.807, 2.05) is 13.8 Å². The zero-order valence-corrected chi connectivity index (χ0v) is 7.16. The lowest BCUT2D eigenvalue weighted by Gasteiger charge is -1.97. The molecule has 0 aliphatic rings. The molecular formula is C8H14N2O. The van der Waals surface area contributed by atoms with Gasteiger partial charge < -0.3 is 10.5 Å². The van der Waals surface area contributed by atoms with Gasteiger partial charge in [0.05, 0.1) is 7.11 Å². The smallest absolute Gasteiger partial charge is 0.126 e. The van der Waals surface area contributed by atoms with Crippen LogP contribution in [0.15, 0.2) is 18.3 Å². The van der Waals surface area contributed by atoms with E-state index in [-0.39, 0.29) is 0 Å². The van der Waals surface area contributed by atoms with Gasteiger partial charge in [-0.05, 0) is 6.07 Å². The van der Waals surface area contributed by atoms with Crippen molar-refractivity contribution in [1.29, 1.82) is 0 Å². The van der Waals surface area contributed by atoms with Crippen molar-refractivity contribution in [2.24, 2.45) is 0 Å². The van der Waals surface area contributed by atoms with Gasteiger partial charge >= 0.3 is 0 Å². The van der Waals surface area contributed by atoms with Crippen molar-refractivity contribution >= 4 is 5.82 Å². The first kappa shape index (κ1) is 9.75. The molecule has 0 unspecified atom stereocenters. The van der Waals surface area contributed by atoms with Crippen LogP contribution in [-0.4, -0.2) is 12.1 Å². The summed E-state index contributed by atoms with van der Waals surface area (Å²) < 4.78 is 4.88. The number of nitrogens with two attached hydrogens (primary N) is 1. The van der Waals surface area contributed by atoms with Crippen molar-refractivity contribution in [3.63, 3.8) is 0 Å². The quantitative estimate of drug-likeness (QED) is 0.669. The van der Waals surface area contributed by atoms with Crippen LogP contribution in [0.5, 0.6) is 5.75 Å². The Morgan fingerprint density at radius 3 is 2.45 bits per heavy atom. The molecule has 0 bridgehead atoms. The number of methoxy groups -OCH3 is 1. The van der Waals surface area contributed by atoms with E-state index in [9.17, 15) is 0 Å². The molecule has 1 aromatic heterocycles. The summed E-state index contributed by atoms with van der Waals surface area (Å²) in [6, 6.07) is 3.41. The fourth-order valence-electron chi connectivity index (χ4n) is 0.555. The minimum absolute atomic E-state index is 0.481. The van der Waals surface area contributed by atoms with Crippen molar-refractivity contribution in [3.05, 3.63) is 18.3 Å². The highest BCUT2D eigenvalue weighted by atomic mass is 16.5. The van der Waals surface area contributed by atoms with Crippen molar-refractivity contribution in [3.8, 4) is 5.75 Å². The zero-order chi connectivity index (χ0) is 8.69. The topological polar surface area (TPSA) is 48.1 Å². The maximum atomic E-state index is 5.34. The first-order valence-electron chi connectivity index (χ1n) is 3.58. The largest absolute Gasteiger partial charge is 0.497 e. The van der Waals surface area contributed by atoms with E-state index in [2.05, 4.69) is 4.98 Å². The molecule has 0 fully saturated rings. The molecule has 0 spiro atoms. The standard InChI is InChI=1S/C6H8N2O.C2H6/c1-9-5-2-3-8-6(7)4-5;1-2/h2-4H,1H3,(H2,7,8);1-2H3. The van der Waals surface area contributed by atoms with Gasteiger partial charge in [-0.2, -0.15) is 0 Å². The Morgan fingerprint density at radius 1 is 1.45 bits per heavy atom. The number of hydrogen-bond acceptors (Lipinski definition) is 3. The summed E-state index contributed by atoms with van der Waals surface area (Å²) in [4.78, 5) is 3.79. The summed E-state index contributed by atoms with van der Waals surface area (Å²) in [5, 5.41) is 0. The summed E-state index contributed by atoms with van der Waals surface area (Å²) in [5.41, 5.74) is 5.34. The molecule has 0 aliphatic heterocycles. The van der Waals surface area contributed by atoms with Gasteiger partial charge in [0.15, 0.2) is 0 Å². The molecule has 11 heavy (non-hydrogen) atoms. The number of ether oxygens (including phenoxy) is 1. The third kappa shape index (κ3) is 3.45. The molecule has 1 aromatic rings. The third-order valence-electron chi connectivity index (χ3n) is 0.988. The van der Waals surface area contributed by atoms with Crippen LogP contribution in [0.4, 0.5) is 5.82 Å². The summed E-state index contributed by atoms with van der Waals surface area (Å²) in [7, 11) is 1.59. The van der Waals surface area contributed by atoms with E-state index in [0.29, 0.717) is 5.82 Å². The molecule has 0 amide bonds. The normalized spacial score (nSPS) is 7.91. The van der Waals surface area contributed by atoms with Gasteiger partial charge in [0, 0.05) is 12.3 Å². The molecular weight excluding hydrogens is 140 g/mol. The second-order valence-electron chi connectivity index (χ2n) is 1.62. The minimum Gasteiger partial charge on any atom is -0.497 e. The van der Waals surface area contributed by atoms with E-state index in [1.165, 1.54) is 0 Å². The Bertz CT molecular complexity index is 201. The third-order valence-corrected chi connectivity index (χ3v) is 0.988. The number of aromatic nitrogens is 1. The lowest BCUT2D eigenvalue weighted by molar-refractivity contribution is 0.414. The highest BCUT2D eigenvalue weighted by Gasteiger charge is 1.88. The molecule has 1 rings (SSSR count). The van der Waals surface area contributed by atoms with Crippen LogP contribution in [0, 0.1) is 0 Å². The van der Waals surface area contributed by atoms with Gasteiger partial charge in [-0.25, -0.2) is 4.98 Å². The number of nitrogen functional groups attached to an aromatic ring is 1. The SMILES string of the molecule is CC.COc1ccnc(N)c1. The van der Waals surface area contributed by atoms with Gasteiger partial charge in [0.2, 0.25) is 0 Å². The first-order valence-corrected chi connectivity index (χ1v) is 3.58. The van der Waals surface area contributed by atoms with Gasteiger partial charge in [0.1, 0.15) is 11.6 Å². The van der Waals surface area contributed by atoms with Gasteiger partial charge in [-0.3, -0.25) is 0 Å². The van der Waals surface area contributed by atoms with E-state index < -0.39 is 0 Å². The van der Waals surface area contributed by atoms with Crippen LogP contribution in [0.2, 0.25) is 0 Å². The van der Waals surface area contributed by atoms with Crippen LogP contribution >= 0.6 is 0 Å². The fraction of sp³-hybridized carbons (Fsp3) is 0.375. The molecule has 0 saturated carbocycles. The van der Waals surface area contributed by atoms with Crippen LogP contribution in [-0.2, 0) is 0 Å². The van der Waals surface area contributed by atoms with Crippen LogP contribution in [0.25, 0.3) is 0 Å². The van der Waals surface area contributed by atoms with E-state index in [4.69, 9.17) is 10.5 Å². The molecule has 3 nitrogen and oxygen atoms in total. The van der Waals surface area contributed by atoms with Gasteiger partial charge in [-0.1, -0.05) is 13.8 Å². The Balaban J connectivity index is 0.000000461. The number of hydrogen-bond donors (Lipinski definition) is 1. The maximum Gasteiger partial charge on any atom is 0.126 e. The molecule has 62 valence electrons. The molecule has 0 aliphatic carbocycles. The summed E-state index contributed by atoms with van der Waals surface area (Å²) in [6.45, 7) is 4.00. The van der Waals surface area contributed by atoms with Crippen molar-refractivity contribution in [2.75, 3.05) is 12.8 Å². The molecule has 0 aromatic carbocycles. The zero-order valence-electron chi connectivity index (χ0n) is 7.16. The van der Waals surface area contributed by atoms with Gasteiger partial charge in [0.25, 0.3) is 0 Å². The second kappa shape index (κ2) is 5.53. The molecule has 0 atom stereocenters. The number of anilines is 1. The predicted molar refractivity (Wildman–Crippen MR) is 46.5 cm³/mol.